The van der Waals surface area contributed by atoms with Gasteiger partial charge in [-0.25, -0.2) is 4.39 Å². The van der Waals surface area contributed by atoms with Crippen LogP contribution in [-0.4, -0.2) is 10.1 Å². The maximum absolute atomic E-state index is 13.0. The lowest BCUT2D eigenvalue weighted by Gasteiger charge is -2.09. The molecule has 88 valence electrons. The van der Waals surface area contributed by atoms with Crippen molar-refractivity contribution in [2.75, 3.05) is 0 Å². The van der Waals surface area contributed by atoms with Crippen LogP contribution in [0.4, 0.5) is 4.39 Å². The largest absolute Gasteiger partial charge is 0.455 e. The van der Waals surface area contributed by atoms with Crippen molar-refractivity contribution < 1.29 is 14.2 Å². The number of aliphatic hydroxyl groups excluding tert-OH is 1. The number of pyridine rings is 1. The van der Waals surface area contributed by atoms with Crippen LogP contribution in [0.15, 0.2) is 41.1 Å². The fourth-order valence-electron chi connectivity index (χ4n) is 1.35. The van der Waals surface area contributed by atoms with Crippen molar-refractivity contribution in [2.24, 2.45) is 0 Å². The molecular weight excluding hydrogens is 289 g/mol. The number of rotatable bonds is 3. The van der Waals surface area contributed by atoms with Crippen molar-refractivity contribution in [1.82, 2.24) is 4.98 Å². The zero-order valence-corrected chi connectivity index (χ0v) is 10.3. The normalized spacial score (nSPS) is 10.3. The summed E-state index contributed by atoms with van der Waals surface area (Å²) in [5, 5.41) is 9.10. The highest BCUT2D eigenvalue weighted by molar-refractivity contribution is 9.10. The van der Waals surface area contributed by atoms with Gasteiger partial charge in [-0.15, -0.1) is 0 Å². The summed E-state index contributed by atoms with van der Waals surface area (Å²) in [6.45, 7) is -0.283. The Kier molecular flexibility index (Phi) is 3.71. The summed E-state index contributed by atoms with van der Waals surface area (Å²) in [6, 6.07) is 5.72. The van der Waals surface area contributed by atoms with Gasteiger partial charge in [-0.2, -0.15) is 0 Å². The molecule has 0 saturated heterocycles. The quantitative estimate of drug-likeness (QED) is 0.945. The molecule has 0 bridgehead atoms. The van der Waals surface area contributed by atoms with Gasteiger partial charge in [-0.05, 0) is 40.2 Å². The van der Waals surface area contributed by atoms with E-state index in [9.17, 15) is 4.39 Å². The first-order chi connectivity index (χ1) is 8.19. The van der Waals surface area contributed by atoms with E-state index < -0.39 is 5.82 Å². The molecule has 0 amide bonds. The Morgan fingerprint density at radius 1 is 1.29 bits per heavy atom. The van der Waals surface area contributed by atoms with Crippen LogP contribution in [0.2, 0.25) is 0 Å². The van der Waals surface area contributed by atoms with E-state index in [0.717, 1.165) is 4.47 Å². The lowest BCUT2D eigenvalue weighted by atomic mass is 10.2. The van der Waals surface area contributed by atoms with Crippen LogP contribution in [0.5, 0.6) is 11.5 Å². The molecular formula is C12H9BrFNO2. The van der Waals surface area contributed by atoms with Crippen LogP contribution in [0.25, 0.3) is 0 Å². The molecule has 1 heterocycles. The van der Waals surface area contributed by atoms with Crippen LogP contribution < -0.4 is 4.74 Å². The minimum atomic E-state index is -0.409. The molecule has 1 aromatic carbocycles. The van der Waals surface area contributed by atoms with Gasteiger partial charge in [0.05, 0.1) is 12.8 Å². The third-order valence-electron chi connectivity index (χ3n) is 2.10. The van der Waals surface area contributed by atoms with Crippen LogP contribution in [0.3, 0.4) is 0 Å². The molecule has 5 heteroatoms. The molecule has 1 N–H and O–H groups in total. The van der Waals surface area contributed by atoms with Crippen molar-refractivity contribution in [2.45, 2.75) is 6.61 Å². The number of aromatic nitrogens is 1. The van der Waals surface area contributed by atoms with Gasteiger partial charge >= 0.3 is 0 Å². The summed E-state index contributed by atoms with van der Waals surface area (Å²) < 4.78 is 19.2. The van der Waals surface area contributed by atoms with E-state index in [1.807, 2.05) is 0 Å². The average molecular weight is 298 g/mol. The molecule has 2 aromatic rings. The second-order valence-corrected chi connectivity index (χ2v) is 4.27. The van der Waals surface area contributed by atoms with Gasteiger partial charge in [0.15, 0.2) is 0 Å². The molecule has 0 spiro atoms. The molecule has 0 atom stereocenters. The predicted octanol–water partition coefficient (Wildman–Crippen LogP) is 3.27. The van der Waals surface area contributed by atoms with Gasteiger partial charge in [-0.1, -0.05) is 0 Å². The van der Waals surface area contributed by atoms with Gasteiger partial charge in [0.1, 0.15) is 17.3 Å². The first kappa shape index (κ1) is 12.0. The Hall–Kier alpha value is -1.46. The van der Waals surface area contributed by atoms with E-state index in [4.69, 9.17) is 9.84 Å². The summed E-state index contributed by atoms with van der Waals surface area (Å²) in [7, 11) is 0. The van der Waals surface area contributed by atoms with E-state index in [1.54, 1.807) is 12.3 Å². The number of benzene rings is 1. The van der Waals surface area contributed by atoms with Crippen molar-refractivity contribution in [3.05, 3.63) is 52.5 Å². The van der Waals surface area contributed by atoms with Gasteiger partial charge < -0.3 is 9.84 Å². The lowest BCUT2D eigenvalue weighted by Crippen LogP contribution is -1.93. The molecule has 17 heavy (non-hydrogen) atoms. The zero-order valence-electron chi connectivity index (χ0n) is 8.73. The smallest absolute Gasteiger partial charge is 0.146 e. The molecule has 0 unspecified atom stereocenters. The summed E-state index contributed by atoms with van der Waals surface area (Å²) in [6.07, 6.45) is 3.17. The Morgan fingerprint density at radius 2 is 2.12 bits per heavy atom. The molecule has 0 aliphatic carbocycles. The van der Waals surface area contributed by atoms with Crippen LogP contribution in [0, 0.1) is 5.82 Å². The Balaban J connectivity index is 2.29. The molecule has 0 radical (unpaired) electrons. The van der Waals surface area contributed by atoms with E-state index in [0.29, 0.717) is 17.1 Å². The zero-order chi connectivity index (χ0) is 12.3. The monoisotopic (exact) mass is 297 g/mol. The van der Waals surface area contributed by atoms with E-state index in [-0.39, 0.29) is 6.61 Å². The number of aliphatic hydroxyl groups is 1. The number of hydrogen-bond donors (Lipinski definition) is 1. The van der Waals surface area contributed by atoms with Gasteiger partial charge in [0, 0.05) is 16.2 Å². The fraction of sp³-hybridized carbons (Fsp3) is 0.0833. The predicted molar refractivity (Wildman–Crippen MR) is 64.3 cm³/mol. The Bertz CT molecular complexity index is 534. The maximum atomic E-state index is 13.0. The SMILES string of the molecule is OCc1cc(F)ccc1Oc1cncc(Br)c1. The number of halogens is 2. The highest BCUT2D eigenvalue weighted by atomic mass is 79.9. The average Bonchev–Trinajstić information content (AvgIpc) is 2.31. The van der Waals surface area contributed by atoms with Gasteiger partial charge in [0.25, 0.3) is 0 Å². The maximum Gasteiger partial charge on any atom is 0.146 e. The summed E-state index contributed by atoms with van der Waals surface area (Å²) in [5.74, 6) is 0.517. The topological polar surface area (TPSA) is 42.4 Å². The van der Waals surface area contributed by atoms with Crippen molar-refractivity contribution >= 4 is 15.9 Å². The Morgan fingerprint density at radius 3 is 2.82 bits per heavy atom. The van der Waals surface area contributed by atoms with Crippen molar-refractivity contribution in [1.29, 1.82) is 0 Å². The second kappa shape index (κ2) is 5.25. The van der Waals surface area contributed by atoms with Gasteiger partial charge in [-0.3, -0.25) is 4.98 Å². The minimum Gasteiger partial charge on any atom is -0.455 e. The third kappa shape index (κ3) is 3.01. The molecule has 2 rings (SSSR count). The van der Waals surface area contributed by atoms with Gasteiger partial charge in [0.2, 0.25) is 0 Å². The first-order valence-corrected chi connectivity index (χ1v) is 5.66. The van der Waals surface area contributed by atoms with Crippen LogP contribution in [0.1, 0.15) is 5.56 Å². The van der Waals surface area contributed by atoms with Crippen LogP contribution in [-0.2, 0) is 6.61 Å². The number of hydrogen-bond acceptors (Lipinski definition) is 3. The lowest BCUT2D eigenvalue weighted by molar-refractivity contribution is 0.275. The molecule has 0 aliphatic rings. The summed E-state index contributed by atoms with van der Waals surface area (Å²) in [5.41, 5.74) is 0.393. The number of nitrogens with zero attached hydrogens (tertiary/aromatic N) is 1. The highest BCUT2D eigenvalue weighted by Gasteiger charge is 2.06. The molecule has 0 aliphatic heterocycles. The summed E-state index contributed by atoms with van der Waals surface area (Å²) in [4.78, 5) is 3.94. The second-order valence-electron chi connectivity index (χ2n) is 3.35. The van der Waals surface area contributed by atoms with Crippen molar-refractivity contribution in [3.8, 4) is 11.5 Å². The third-order valence-corrected chi connectivity index (χ3v) is 2.53. The van der Waals surface area contributed by atoms with E-state index in [1.165, 1.54) is 24.4 Å². The molecule has 0 saturated carbocycles. The molecule has 0 fully saturated rings. The van der Waals surface area contributed by atoms with E-state index >= 15 is 0 Å². The van der Waals surface area contributed by atoms with Crippen molar-refractivity contribution in [3.63, 3.8) is 0 Å². The first-order valence-electron chi connectivity index (χ1n) is 4.87. The fourth-order valence-corrected chi connectivity index (χ4v) is 1.69. The molecule has 1 aromatic heterocycles. The highest BCUT2D eigenvalue weighted by Crippen LogP contribution is 2.27. The minimum absolute atomic E-state index is 0.283. The van der Waals surface area contributed by atoms with E-state index in [2.05, 4.69) is 20.9 Å². The standard InChI is InChI=1S/C12H9BrFNO2/c13-9-4-11(6-15-5-9)17-12-2-1-10(14)3-8(12)7-16/h1-6,16H,7H2. The number of ether oxygens (including phenoxy) is 1. The summed E-state index contributed by atoms with van der Waals surface area (Å²) >= 11 is 3.27. The Labute approximate surface area is 106 Å². The molecule has 3 nitrogen and oxygen atoms in total. The van der Waals surface area contributed by atoms with Crippen LogP contribution >= 0.6 is 15.9 Å².